The van der Waals surface area contributed by atoms with Gasteiger partial charge in [-0.05, 0) is 45.7 Å². The number of carboxylic acid groups (broad SMARTS) is 1. The van der Waals surface area contributed by atoms with Crippen molar-refractivity contribution < 1.29 is 46.5 Å². The van der Waals surface area contributed by atoms with Gasteiger partial charge in [0.25, 0.3) is 5.91 Å². The lowest BCUT2D eigenvalue weighted by Crippen LogP contribution is -2.45. The van der Waals surface area contributed by atoms with Crippen LogP contribution in [0.5, 0.6) is 11.6 Å². The van der Waals surface area contributed by atoms with Gasteiger partial charge in [0.15, 0.2) is 11.6 Å². The quantitative estimate of drug-likeness (QED) is 0.431. The molecule has 39 heavy (non-hydrogen) atoms. The number of benzene rings is 1. The summed E-state index contributed by atoms with van der Waals surface area (Å²) in [5.41, 5.74) is 1.21. The first-order chi connectivity index (χ1) is 18.2. The molecule has 14 heteroatoms. The largest absolute Gasteiger partial charge is 0.493 e. The van der Waals surface area contributed by atoms with E-state index in [4.69, 9.17) is 29.1 Å². The Morgan fingerprint density at radius 2 is 1.87 bits per heavy atom. The number of hydrogen-bond acceptors (Lipinski definition) is 7. The molecule has 0 spiro atoms. The number of amides is 1. The molecule has 0 radical (unpaired) electrons. The fourth-order valence-corrected chi connectivity index (χ4v) is 4.80. The van der Waals surface area contributed by atoms with E-state index in [0.717, 1.165) is 18.5 Å². The molecule has 0 atom stereocenters. The molecule has 3 fully saturated rings. The highest BCUT2D eigenvalue weighted by Crippen LogP contribution is 2.58. The van der Waals surface area contributed by atoms with E-state index in [2.05, 4.69) is 17.2 Å². The van der Waals surface area contributed by atoms with E-state index in [9.17, 15) is 22.4 Å². The standard InChI is InChI=1S/C23H25FN4O4.C2HF3O2/c1-13(2)32-20-16(25-19(29)14-6-5-7-15(24)18(14)30-4)8-28-9-17(26-21(28)27-20)23-10-22(3,11-23)31-12-23;3-2(4,5)1(6)7/h5-9,13H,10-12H2,1-4H3,(H,25,29);(H,6,7). The van der Waals surface area contributed by atoms with E-state index in [1.54, 1.807) is 10.6 Å². The van der Waals surface area contributed by atoms with Crippen LogP contribution in [0.2, 0.25) is 0 Å². The number of nitrogens with zero attached hydrogens (tertiary/aromatic N) is 3. The van der Waals surface area contributed by atoms with Crippen LogP contribution in [0.1, 0.15) is 49.7 Å². The summed E-state index contributed by atoms with van der Waals surface area (Å²) in [6, 6.07) is 4.19. The number of nitrogens with one attached hydrogen (secondary N) is 1. The van der Waals surface area contributed by atoms with Crippen molar-refractivity contribution in [2.45, 2.75) is 56.9 Å². The number of aliphatic carboxylic acids is 1. The van der Waals surface area contributed by atoms with Crippen LogP contribution >= 0.6 is 0 Å². The summed E-state index contributed by atoms with van der Waals surface area (Å²) in [6.07, 6.45) is 0.246. The van der Waals surface area contributed by atoms with E-state index in [1.807, 2.05) is 20.0 Å². The minimum atomic E-state index is -5.08. The monoisotopic (exact) mass is 554 g/mol. The van der Waals surface area contributed by atoms with Gasteiger partial charge in [-0.3, -0.25) is 9.20 Å². The third kappa shape index (κ3) is 5.60. The number of alkyl halides is 3. The Morgan fingerprint density at radius 1 is 1.21 bits per heavy atom. The van der Waals surface area contributed by atoms with Gasteiger partial charge in [-0.25, -0.2) is 14.2 Å². The second kappa shape index (κ2) is 9.98. The van der Waals surface area contributed by atoms with Gasteiger partial charge in [0.1, 0.15) is 5.69 Å². The Balaban J connectivity index is 0.000000448. The molecule has 1 amide bonds. The van der Waals surface area contributed by atoms with Gasteiger partial charge >= 0.3 is 12.1 Å². The highest BCUT2D eigenvalue weighted by Gasteiger charge is 2.61. The normalized spacial score (nSPS) is 21.7. The van der Waals surface area contributed by atoms with Crippen LogP contribution < -0.4 is 14.8 Å². The molecule has 1 saturated carbocycles. The van der Waals surface area contributed by atoms with Crippen LogP contribution in [-0.4, -0.2) is 62.9 Å². The first kappa shape index (κ1) is 28.1. The minimum Gasteiger partial charge on any atom is -0.493 e. The predicted octanol–water partition coefficient (Wildman–Crippen LogP) is 4.37. The first-order valence-electron chi connectivity index (χ1n) is 11.8. The maximum atomic E-state index is 14.1. The molecular formula is C25H26F4N4O6. The molecule has 0 unspecified atom stereocenters. The molecule has 2 aliphatic heterocycles. The van der Waals surface area contributed by atoms with E-state index in [0.29, 0.717) is 18.1 Å². The SMILES string of the molecule is COc1c(F)cccc1C(=O)Nc1cn2cc(C34COC(C)(C3)C4)nc2nc1OC(C)C.O=C(O)C(F)(F)F. The number of rotatable bonds is 6. The van der Waals surface area contributed by atoms with Crippen LogP contribution in [0.15, 0.2) is 30.6 Å². The summed E-state index contributed by atoms with van der Waals surface area (Å²) < 4.78 is 64.4. The van der Waals surface area contributed by atoms with Crippen LogP contribution in [0.3, 0.4) is 0 Å². The Labute approximate surface area is 219 Å². The summed E-state index contributed by atoms with van der Waals surface area (Å²) in [6.45, 7) is 6.50. The van der Waals surface area contributed by atoms with Gasteiger partial charge in [-0.1, -0.05) is 6.07 Å². The first-order valence-corrected chi connectivity index (χ1v) is 11.8. The molecule has 210 valence electrons. The molecule has 1 aromatic carbocycles. The second-order valence-electron chi connectivity index (χ2n) is 9.91. The van der Waals surface area contributed by atoms with E-state index >= 15 is 0 Å². The number of halogens is 4. The number of carboxylic acids is 1. The van der Waals surface area contributed by atoms with Crippen molar-refractivity contribution in [2.75, 3.05) is 19.0 Å². The number of carbonyl (C=O) groups is 2. The van der Waals surface area contributed by atoms with Crippen molar-refractivity contribution in [3.05, 3.63) is 47.7 Å². The lowest BCUT2D eigenvalue weighted by atomic mass is 9.62. The molecule has 1 aliphatic carbocycles. The van der Waals surface area contributed by atoms with Crippen LogP contribution in [-0.2, 0) is 14.9 Å². The number of carbonyl (C=O) groups excluding carboxylic acids is 1. The lowest BCUT2D eigenvalue weighted by Gasteiger charge is -2.41. The van der Waals surface area contributed by atoms with Crippen LogP contribution in [0, 0.1) is 5.82 Å². The zero-order chi connectivity index (χ0) is 28.8. The number of para-hydroxylation sites is 1. The Bertz CT molecular complexity index is 1420. The molecule has 2 N–H and O–H groups in total. The van der Waals surface area contributed by atoms with Crippen LogP contribution in [0.25, 0.3) is 5.78 Å². The van der Waals surface area contributed by atoms with E-state index in [-0.39, 0.29) is 34.3 Å². The van der Waals surface area contributed by atoms with Gasteiger partial charge in [0, 0.05) is 17.8 Å². The fourth-order valence-electron chi connectivity index (χ4n) is 4.80. The van der Waals surface area contributed by atoms with Crippen molar-refractivity contribution in [1.29, 1.82) is 0 Å². The number of anilines is 1. The average Bonchev–Trinajstić information content (AvgIpc) is 3.49. The Hall–Kier alpha value is -3.94. The van der Waals surface area contributed by atoms with Gasteiger partial charge in [0.2, 0.25) is 11.7 Å². The highest BCUT2D eigenvalue weighted by atomic mass is 19.4. The average molecular weight is 554 g/mol. The van der Waals surface area contributed by atoms with Crippen molar-refractivity contribution >= 4 is 23.3 Å². The zero-order valence-corrected chi connectivity index (χ0v) is 21.4. The van der Waals surface area contributed by atoms with Gasteiger partial charge in [0.05, 0.1) is 36.7 Å². The maximum absolute atomic E-state index is 14.1. The minimum absolute atomic E-state index is 0.0572. The Kier molecular flexibility index (Phi) is 7.19. The molecular weight excluding hydrogens is 528 g/mol. The summed E-state index contributed by atoms with van der Waals surface area (Å²) in [4.78, 5) is 31.1. The summed E-state index contributed by atoms with van der Waals surface area (Å²) in [5, 5.41) is 9.91. The van der Waals surface area contributed by atoms with Gasteiger partial charge < -0.3 is 24.6 Å². The molecule has 4 heterocycles. The number of hydrogen-bond donors (Lipinski definition) is 2. The van der Waals surface area contributed by atoms with Gasteiger partial charge in [-0.15, -0.1) is 0 Å². The van der Waals surface area contributed by atoms with Gasteiger partial charge in [-0.2, -0.15) is 18.2 Å². The molecule has 2 bridgehead atoms. The topological polar surface area (TPSA) is 124 Å². The predicted molar refractivity (Wildman–Crippen MR) is 129 cm³/mol. The number of fused-ring (bicyclic) bond motifs is 2. The van der Waals surface area contributed by atoms with Crippen molar-refractivity contribution in [1.82, 2.24) is 14.4 Å². The summed E-state index contributed by atoms with van der Waals surface area (Å²) in [5.74, 6) is -3.30. The van der Waals surface area contributed by atoms with Crippen molar-refractivity contribution in [3.63, 3.8) is 0 Å². The highest BCUT2D eigenvalue weighted by molar-refractivity contribution is 6.06. The number of ether oxygens (including phenoxy) is 3. The molecule has 10 nitrogen and oxygen atoms in total. The summed E-state index contributed by atoms with van der Waals surface area (Å²) in [7, 11) is 1.32. The Morgan fingerprint density at radius 3 is 2.41 bits per heavy atom. The third-order valence-electron chi connectivity index (χ3n) is 6.33. The second-order valence-corrected chi connectivity index (χ2v) is 9.91. The number of methoxy groups -OCH3 is 1. The lowest BCUT2D eigenvalue weighted by molar-refractivity contribution is -0.192. The van der Waals surface area contributed by atoms with Crippen LogP contribution in [0.4, 0.5) is 23.2 Å². The third-order valence-corrected chi connectivity index (χ3v) is 6.33. The number of imidazole rings is 1. The van der Waals surface area contributed by atoms with Crippen molar-refractivity contribution in [2.24, 2.45) is 0 Å². The molecule has 6 rings (SSSR count). The molecule has 3 aromatic rings. The summed E-state index contributed by atoms with van der Waals surface area (Å²) >= 11 is 0. The molecule has 2 aromatic heterocycles. The fraction of sp³-hybridized carbons (Fsp3) is 0.440. The van der Waals surface area contributed by atoms with E-state index < -0.39 is 23.9 Å². The van der Waals surface area contributed by atoms with Crippen molar-refractivity contribution in [3.8, 4) is 11.6 Å². The molecule has 2 saturated heterocycles. The maximum Gasteiger partial charge on any atom is 0.490 e. The molecule has 3 aliphatic rings. The number of aromatic nitrogens is 3. The zero-order valence-electron chi connectivity index (χ0n) is 21.4. The van der Waals surface area contributed by atoms with E-state index in [1.165, 1.54) is 25.3 Å². The smallest absolute Gasteiger partial charge is 0.490 e.